The molecule has 2 rings (SSSR count). The van der Waals surface area contributed by atoms with Gasteiger partial charge in [-0.2, -0.15) is 0 Å². The molecule has 1 amide bonds. The van der Waals surface area contributed by atoms with E-state index in [1.807, 2.05) is 29.7 Å². The van der Waals surface area contributed by atoms with Gasteiger partial charge >= 0.3 is 5.97 Å². The molecular formula is C15H18N4O3. The number of hydrogen-bond acceptors (Lipinski definition) is 4. The van der Waals surface area contributed by atoms with E-state index in [9.17, 15) is 9.59 Å². The zero-order chi connectivity index (χ0) is 15.9. The van der Waals surface area contributed by atoms with Crippen molar-refractivity contribution in [2.24, 2.45) is 0 Å². The second-order valence-electron chi connectivity index (χ2n) is 4.95. The predicted octanol–water partition coefficient (Wildman–Crippen LogP) is 2.16. The minimum absolute atomic E-state index is 0.0929. The molecule has 116 valence electrons. The third-order valence-electron chi connectivity index (χ3n) is 3.17. The SMILES string of the molecule is Cc1nncn1-c1cccc(NC(=O)CCCCC(=O)O)c1. The standard InChI is InChI=1S/C15H18N4O3/c1-11-18-16-10-19(11)13-6-4-5-12(9-13)17-14(20)7-2-3-8-15(21)22/h4-6,9-10H,2-3,7-8H2,1H3,(H,17,20)(H,21,22). The predicted molar refractivity (Wildman–Crippen MR) is 80.8 cm³/mol. The Bertz CT molecular complexity index is 666. The molecule has 1 aromatic carbocycles. The molecule has 0 aliphatic carbocycles. The Morgan fingerprint density at radius 3 is 2.73 bits per heavy atom. The lowest BCUT2D eigenvalue weighted by Crippen LogP contribution is -2.11. The Kier molecular flexibility index (Phi) is 5.24. The number of aryl methyl sites for hydroxylation is 1. The molecule has 0 fully saturated rings. The van der Waals surface area contributed by atoms with Gasteiger partial charge in [-0.3, -0.25) is 14.2 Å². The summed E-state index contributed by atoms with van der Waals surface area (Å²) in [5.74, 6) is -0.197. The third kappa shape index (κ3) is 4.41. The number of unbranched alkanes of at least 4 members (excludes halogenated alkanes) is 1. The number of carboxylic acids is 1. The van der Waals surface area contributed by atoms with Crippen LogP contribution < -0.4 is 5.32 Å². The molecule has 0 saturated heterocycles. The van der Waals surface area contributed by atoms with Crippen molar-refractivity contribution < 1.29 is 14.7 Å². The topological polar surface area (TPSA) is 97.1 Å². The zero-order valence-electron chi connectivity index (χ0n) is 12.3. The van der Waals surface area contributed by atoms with Gasteiger partial charge in [0.25, 0.3) is 0 Å². The summed E-state index contributed by atoms with van der Waals surface area (Å²) in [7, 11) is 0. The van der Waals surface area contributed by atoms with Crippen LogP contribution in [0, 0.1) is 6.92 Å². The van der Waals surface area contributed by atoms with Crippen LogP contribution in [0.2, 0.25) is 0 Å². The van der Waals surface area contributed by atoms with Crippen LogP contribution in [-0.2, 0) is 9.59 Å². The molecule has 0 saturated carbocycles. The lowest BCUT2D eigenvalue weighted by Gasteiger charge is -2.08. The van der Waals surface area contributed by atoms with E-state index >= 15 is 0 Å². The highest BCUT2D eigenvalue weighted by Crippen LogP contribution is 2.16. The average Bonchev–Trinajstić information content (AvgIpc) is 2.90. The van der Waals surface area contributed by atoms with Gasteiger partial charge in [-0.05, 0) is 38.0 Å². The molecule has 2 N–H and O–H groups in total. The second kappa shape index (κ2) is 7.35. The highest BCUT2D eigenvalue weighted by Gasteiger charge is 2.06. The van der Waals surface area contributed by atoms with Crippen LogP contribution in [0.4, 0.5) is 5.69 Å². The maximum absolute atomic E-state index is 11.8. The number of carbonyl (C=O) groups is 2. The van der Waals surface area contributed by atoms with Gasteiger partial charge < -0.3 is 10.4 Å². The third-order valence-corrected chi connectivity index (χ3v) is 3.17. The Hall–Kier alpha value is -2.70. The van der Waals surface area contributed by atoms with Gasteiger partial charge in [0.2, 0.25) is 5.91 Å². The molecule has 7 heteroatoms. The van der Waals surface area contributed by atoms with E-state index in [4.69, 9.17) is 5.11 Å². The Morgan fingerprint density at radius 2 is 2.05 bits per heavy atom. The van der Waals surface area contributed by atoms with Gasteiger partial charge in [-0.1, -0.05) is 6.07 Å². The van der Waals surface area contributed by atoms with Crippen LogP contribution in [0.15, 0.2) is 30.6 Å². The lowest BCUT2D eigenvalue weighted by molar-refractivity contribution is -0.137. The summed E-state index contributed by atoms with van der Waals surface area (Å²) < 4.78 is 1.82. The molecule has 1 aromatic heterocycles. The minimum atomic E-state index is -0.836. The Labute approximate surface area is 128 Å². The van der Waals surface area contributed by atoms with E-state index in [2.05, 4.69) is 15.5 Å². The van der Waals surface area contributed by atoms with Gasteiger partial charge in [0.1, 0.15) is 12.2 Å². The number of nitrogens with zero attached hydrogens (tertiary/aromatic N) is 3. The maximum Gasteiger partial charge on any atom is 0.303 e. The van der Waals surface area contributed by atoms with Crippen LogP contribution >= 0.6 is 0 Å². The first-order valence-electron chi connectivity index (χ1n) is 7.05. The maximum atomic E-state index is 11.8. The van der Waals surface area contributed by atoms with Crippen molar-refractivity contribution in [3.05, 3.63) is 36.4 Å². The molecule has 0 atom stereocenters. The van der Waals surface area contributed by atoms with Crippen LogP contribution in [-0.4, -0.2) is 31.7 Å². The second-order valence-corrected chi connectivity index (χ2v) is 4.95. The average molecular weight is 302 g/mol. The smallest absolute Gasteiger partial charge is 0.303 e. The molecule has 0 aliphatic heterocycles. The van der Waals surface area contributed by atoms with E-state index in [0.717, 1.165) is 11.5 Å². The largest absolute Gasteiger partial charge is 0.481 e. The molecule has 22 heavy (non-hydrogen) atoms. The summed E-state index contributed by atoms with van der Waals surface area (Å²) in [6, 6.07) is 7.39. The molecule has 0 radical (unpaired) electrons. The minimum Gasteiger partial charge on any atom is -0.481 e. The fourth-order valence-corrected chi connectivity index (χ4v) is 2.07. The highest BCUT2D eigenvalue weighted by molar-refractivity contribution is 5.90. The number of carbonyl (C=O) groups excluding carboxylic acids is 1. The van der Waals surface area contributed by atoms with E-state index < -0.39 is 5.97 Å². The van der Waals surface area contributed by atoms with Crippen LogP contribution in [0.25, 0.3) is 5.69 Å². The zero-order valence-corrected chi connectivity index (χ0v) is 12.3. The highest BCUT2D eigenvalue weighted by atomic mass is 16.4. The molecule has 0 spiro atoms. The van der Waals surface area contributed by atoms with Gasteiger partial charge in [-0.15, -0.1) is 10.2 Å². The van der Waals surface area contributed by atoms with Crippen LogP contribution in [0.5, 0.6) is 0 Å². The number of benzene rings is 1. The number of hydrogen-bond donors (Lipinski definition) is 2. The summed E-state index contributed by atoms with van der Waals surface area (Å²) in [5.41, 5.74) is 1.56. The first-order chi connectivity index (χ1) is 10.6. The Balaban J connectivity index is 1.92. The number of aromatic nitrogens is 3. The van der Waals surface area contributed by atoms with Crippen molar-refractivity contribution in [1.29, 1.82) is 0 Å². The van der Waals surface area contributed by atoms with Crippen molar-refractivity contribution in [2.45, 2.75) is 32.6 Å². The van der Waals surface area contributed by atoms with Gasteiger partial charge in [0.15, 0.2) is 0 Å². The summed E-state index contributed by atoms with van der Waals surface area (Å²) in [6.45, 7) is 1.85. The van der Waals surface area contributed by atoms with Crippen molar-refractivity contribution in [2.75, 3.05) is 5.32 Å². The normalized spacial score (nSPS) is 10.4. The van der Waals surface area contributed by atoms with Gasteiger partial charge in [-0.25, -0.2) is 0 Å². The first-order valence-corrected chi connectivity index (χ1v) is 7.05. The van der Waals surface area contributed by atoms with Crippen molar-refractivity contribution in [1.82, 2.24) is 14.8 Å². The monoisotopic (exact) mass is 302 g/mol. The molecule has 2 aromatic rings. The van der Waals surface area contributed by atoms with Gasteiger partial charge in [0.05, 0.1) is 5.69 Å². The van der Waals surface area contributed by atoms with Crippen molar-refractivity contribution in [3.8, 4) is 5.69 Å². The molecule has 0 unspecified atom stereocenters. The fraction of sp³-hybridized carbons (Fsp3) is 0.333. The van der Waals surface area contributed by atoms with Crippen LogP contribution in [0.3, 0.4) is 0 Å². The quantitative estimate of drug-likeness (QED) is 0.764. The first kappa shape index (κ1) is 15.7. The number of amides is 1. The molecule has 1 heterocycles. The Morgan fingerprint density at radius 1 is 1.27 bits per heavy atom. The van der Waals surface area contributed by atoms with Crippen LogP contribution in [0.1, 0.15) is 31.5 Å². The van der Waals surface area contributed by atoms with Crippen molar-refractivity contribution >= 4 is 17.6 Å². The molecule has 0 bridgehead atoms. The van der Waals surface area contributed by atoms with E-state index in [0.29, 0.717) is 24.9 Å². The van der Waals surface area contributed by atoms with E-state index in [1.165, 1.54) is 0 Å². The molecule has 0 aliphatic rings. The number of rotatable bonds is 7. The van der Waals surface area contributed by atoms with E-state index in [1.54, 1.807) is 12.4 Å². The fourth-order valence-electron chi connectivity index (χ4n) is 2.07. The van der Waals surface area contributed by atoms with E-state index in [-0.39, 0.29) is 12.3 Å². The lowest BCUT2D eigenvalue weighted by atomic mass is 10.2. The summed E-state index contributed by atoms with van der Waals surface area (Å²) in [6.07, 6.45) is 3.08. The van der Waals surface area contributed by atoms with Gasteiger partial charge in [0, 0.05) is 18.5 Å². The number of aliphatic carboxylic acids is 1. The summed E-state index contributed by atoms with van der Waals surface area (Å²) >= 11 is 0. The molecular weight excluding hydrogens is 284 g/mol. The molecule has 7 nitrogen and oxygen atoms in total. The number of carboxylic acid groups (broad SMARTS) is 1. The van der Waals surface area contributed by atoms with Crippen molar-refractivity contribution in [3.63, 3.8) is 0 Å². The number of anilines is 1. The number of nitrogens with one attached hydrogen (secondary N) is 1. The summed E-state index contributed by atoms with van der Waals surface area (Å²) in [5, 5.41) is 19.1. The summed E-state index contributed by atoms with van der Waals surface area (Å²) in [4.78, 5) is 22.2.